The van der Waals surface area contributed by atoms with E-state index in [4.69, 9.17) is 4.74 Å². The normalized spacial score (nSPS) is 10.6. The highest BCUT2D eigenvalue weighted by atomic mass is 19.4. The van der Waals surface area contributed by atoms with Gasteiger partial charge in [-0.15, -0.1) is 0 Å². The van der Waals surface area contributed by atoms with Gasteiger partial charge in [0.05, 0.1) is 5.56 Å². The molecule has 0 aliphatic rings. The second kappa shape index (κ2) is 12.4. The fourth-order valence-electron chi connectivity index (χ4n) is 2.66. The van der Waals surface area contributed by atoms with Crippen LogP contribution in [0, 0.1) is 5.82 Å². The van der Waals surface area contributed by atoms with E-state index in [0.717, 1.165) is 30.8 Å². The fourth-order valence-corrected chi connectivity index (χ4v) is 2.66. The first-order valence-corrected chi connectivity index (χ1v) is 10.1. The van der Waals surface area contributed by atoms with E-state index in [1.807, 2.05) is 7.05 Å². The molecule has 0 saturated carbocycles. The van der Waals surface area contributed by atoms with Crippen LogP contribution in [0.3, 0.4) is 0 Å². The average Bonchev–Trinajstić information content (AvgIpc) is 2.79. The fraction of sp³-hybridized carbons (Fsp3) is 0.208. The maximum Gasteiger partial charge on any atom is 0.416 e. The molecule has 0 unspecified atom stereocenters. The van der Waals surface area contributed by atoms with Crippen molar-refractivity contribution in [2.45, 2.75) is 13.1 Å². The van der Waals surface area contributed by atoms with E-state index < -0.39 is 17.6 Å². The van der Waals surface area contributed by atoms with Crippen molar-refractivity contribution in [3.8, 4) is 22.8 Å². The van der Waals surface area contributed by atoms with Crippen molar-refractivity contribution >= 4 is 12.2 Å². The van der Waals surface area contributed by atoms with Crippen LogP contribution in [0.25, 0.3) is 11.1 Å². The molecule has 0 bridgehead atoms. The molecule has 10 heteroatoms. The molecule has 2 aromatic carbocycles. The van der Waals surface area contributed by atoms with E-state index in [2.05, 4.69) is 15.6 Å². The molecular weight excluding hydrogens is 454 g/mol. The number of likely N-dealkylation sites (N-methyl/N-ethyl adjacent to an activating group) is 1. The number of benzene rings is 2. The number of aromatic nitrogens is 1. The first-order valence-electron chi connectivity index (χ1n) is 10.1. The third kappa shape index (κ3) is 8.28. The molecule has 0 aliphatic heterocycles. The number of alkyl halides is 3. The van der Waals surface area contributed by atoms with E-state index in [9.17, 15) is 27.2 Å². The van der Waals surface area contributed by atoms with Gasteiger partial charge in [-0.25, -0.2) is 9.37 Å². The second-order valence-electron chi connectivity index (χ2n) is 6.96. The number of amides is 1. The van der Waals surface area contributed by atoms with Crippen LogP contribution in [0.15, 0.2) is 60.8 Å². The molecule has 3 aromatic rings. The molecule has 0 radical (unpaired) electrons. The minimum absolute atomic E-state index is 0.0280. The molecule has 0 saturated heterocycles. The zero-order valence-corrected chi connectivity index (χ0v) is 18.4. The van der Waals surface area contributed by atoms with Crippen LogP contribution in [-0.2, 0) is 11.0 Å². The summed E-state index contributed by atoms with van der Waals surface area (Å²) in [6.45, 7) is 3.06. The number of hydrogen-bond donors (Lipinski definition) is 2. The Kier molecular flexibility index (Phi) is 9.69. The number of aldehydes is 1. The Morgan fingerprint density at radius 3 is 2.35 bits per heavy atom. The standard InChI is InChI=1S/C19H11F4NO2.C5H12N2O/c20-15-3-1-2-13(9-15)17-8-12(11-25)10-24-18(17)26-16-6-4-14(5-7-16)19(21,22)23;1-5(8)7-4-3-6-2/h1-11H;6H,3-4H2,1-2H3,(H,7,8). The Labute approximate surface area is 194 Å². The molecular formula is C24H23F4N3O3. The SMILES string of the molecule is CNCCNC(C)=O.O=Cc1cnc(Oc2ccc(C(F)(F)F)cc2)c(-c2cccc(F)c2)c1. The van der Waals surface area contributed by atoms with Crippen LogP contribution in [0.5, 0.6) is 11.6 Å². The zero-order valence-electron chi connectivity index (χ0n) is 18.4. The van der Waals surface area contributed by atoms with Crippen molar-refractivity contribution in [1.82, 2.24) is 15.6 Å². The number of halogens is 4. The Morgan fingerprint density at radius 2 is 1.79 bits per heavy atom. The van der Waals surface area contributed by atoms with Gasteiger partial charge in [0.15, 0.2) is 6.29 Å². The molecule has 1 amide bonds. The molecule has 0 fully saturated rings. The summed E-state index contributed by atoms with van der Waals surface area (Å²) in [5.41, 5.74) is 0.209. The number of nitrogens with one attached hydrogen (secondary N) is 2. The van der Waals surface area contributed by atoms with Crippen molar-refractivity contribution in [3.05, 3.63) is 77.7 Å². The Hall–Kier alpha value is -3.79. The lowest BCUT2D eigenvalue weighted by atomic mass is 10.1. The second-order valence-corrected chi connectivity index (χ2v) is 6.96. The van der Waals surface area contributed by atoms with Gasteiger partial charge in [0.1, 0.15) is 11.6 Å². The number of carbonyl (C=O) groups is 2. The molecule has 0 aliphatic carbocycles. The number of pyridine rings is 1. The maximum atomic E-state index is 13.5. The van der Waals surface area contributed by atoms with Crippen molar-refractivity contribution in [3.63, 3.8) is 0 Å². The van der Waals surface area contributed by atoms with Gasteiger partial charge in [-0.1, -0.05) is 12.1 Å². The highest BCUT2D eigenvalue weighted by Gasteiger charge is 2.30. The highest BCUT2D eigenvalue weighted by Crippen LogP contribution is 2.34. The van der Waals surface area contributed by atoms with E-state index >= 15 is 0 Å². The summed E-state index contributed by atoms with van der Waals surface area (Å²) in [7, 11) is 1.85. The molecule has 2 N–H and O–H groups in total. The minimum atomic E-state index is -4.45. The highest BCUT2D eigenvalue weighted by molar-refractivity contribution is 5.80. The largest absolute Gasteiger partial charge is 0.438 e. The number of hydrogen-bond acceptors (Lipinski definition) is 5. The smallest absolute Gasteiger partial charge is 0.416 e. The Morgan fingerprint density at radius 1 is 1.09 bits per heavy atom. The van der Waals surface area contributed by atoms with Crippen molar-refractivity contribution in [2.75, 3.05) is 20.1 Å². The first kappa shape index (κ1) is 26.5. The van der Waals surface area contributed by atoms with Crippen LogP contribution in [0.4, 0.5) is 17.6 Å². The third-order valence-electron chi connectivity index (χ3n) is 4.29. The molecule has 180 valence electrons. The Balaban J connectivity index is 0.000000440. The summed E-state index contributed by atoms with van der Waals surface area (Å²) in [6.07, 6.45) is -2.61. The lowest BCUT2D eigenvalue weighted by molar-refractivity contribution is -0.137. The van der Waals surface area contributed by atoms with E-state index in [1.54, 1.807) is 6.07 Å². The van der Waals surface area contributed by atoms with Gasteiger partial charge >= 0.3 is 6.18 Å². The van der Waals surface area contributed by atoms with Crippen LogP contribution >= 0.6 is 0 Å². The number of rotatable bonds is 7. The maximum absolute atomic E-state index is 13.5. The number of ether oxygens (including phenoxy) is 1. The molecule has 3 rings (SSSR count). The van der Waals surface area contributed by atoms with E-state index in [1.165, 1.54) is 37.4 Å². The average molecular weight is 477 g/mol. The van der Waals surface area contributed by atoms with Crippen molar-refractivity contribution in [1.29, 1.82) is 0 Å². The van der Waals surface area contributed by atoms with Crippen molar-refractivity contribution in [2.24, 2.45) is 0 Å². The van der Waals surface area contributed by atoms with Gasteiger partial charge in [-0.3, -0.25) is 9.59 Å². The van der Waals surface area contributed by atoms with Gasteiger partial charge in [0.25, 0.3) is 0 Å². The monoisotopic (exact) mass is 477 g/mol. The third-order valence-corrected chi connectivity index (χ3v) is 4.29. The lowest BCUT2D eigenvalue weighted by Crippen LogP contribution is -2.28. The lowest BCUT2D eigenvalue weighted by Gasteiger charge is -2.12. The van der Waals surface area contributed by atoms with Crippen LogP contribution in [-0.4, -0.2) is 37.3 Å². The van der Waals surface area contributed by atoms with Crippen LogP contribution in [0.1, 0.15) is 22.8 Å². The van der Waals surface area contributed by atoms with Gasteiger partial charge in [0.2, 0.25) is 11.8 Å². The number of nitrogens with zero attached hydrogens (tertiary/aromatic N) is 1. The van der Waals surface area contributed by atoms with E-state index in [-0.39, 0.29) is 23.1 Å². The molecule has 0 spiro atoms. The summed E-state index contributed by atoms with van der Waals surface area (Å²) >= 11 is 0. The first-order chi connectivity index (χ1) is 16.1. The van der Waals surface area contributed by atoms with Crippen LogP contribution < -0.4 is 15.4 Å². The Bertz CT molecular complexity index is 1100. The summed E-state index contributed by atoms with van der Waals surface area (Å²) in [6, 6.07) is 11.2. The number of carbonyl (C=O) groups excluding carboxylic acids is 2. The summed E-state index contributed by atoms with van der Waals surface area (Å²) in [5.74, 6) is -0.289. The molecule has 1 heterocycles. The molecule has 1 aromatic heterocycles. The molecule has 6 nitrogen and oxygen atoms in total. The van der Waals surface area contributed by atoms with Crippen molar-refractivity contribution < 1.29 is 31.9 Å². The van der Waals surface area contributed by atoms with Crippen LogP contribution in [0.2, 0.25) is 0 Å². The summed E-state index contributed by atoms with van der Waals surface area (Å²) in [4.78, 5) is 25.2. The van der Waals surface area contributed by atoms with E-state index in [0.29, 0.717) is 24.0 Å². The summed E-state index contributed by atoms with van der Waals surface area (Å²) < 4.78 is 57.0. The van der Waals surface area contributed by atoms with Gasteiger partial charge in [0, 0.05) is 37.3 Å². The van der Waals surface area contributed by atoms with Gasteiger partial charge in [-0.05, 0) is 55.1 Å². The van der Waals surface area contributed by atoms with Gasteiger partial charge in [-0.2, -0.15) is 13.2 Å². The topological polar surface area (TPSA) is 80.3 Å². The minimum Gasteiger partial charge on any atom is -0.438 e. The zero-order chi connectivity index (χ0) is 25.1. The predicted octanol–water partition coefficient (Wildman–Crippen LogP) is 4.85. The molecule has 0 atom stereocenters. The molecule has 34 heavy (non-hydrogen) atoms. The van der Waals surface area contributed by atoms with Gasteiger partial charge < -0.3 is 15.4 Å². The summed E-state index contributed by atoms with van der Waals surface area (Å²) in [5, 5.41) is 5.55. The predicted molar refractivity (Wildman–Crippen MR) is 119 cm³/mol. The quantitative estimate of drug-likeness (QED) is 0.289.